The van der Waals surface area contributed by atoms with Gasteiger partial charge >= 0.3 is 0 Å². The summed E-state index contributed by atoms with van der Waals surface area (Å²) in [5.74, 6) is 0.936. The van der Waals surface area contributed by atoms with Crippen LogP contribution in [0.5, 0.6) is 5.75 Å². The zero-order valence-corrected chi connectivity index (χ0v) is 13.2. The summed E-state index contributed by atoms with van der Waals surface area (Å²) in [6, 6.07) is 8.80. The number of hydrogen-bond acceptors (Lipinski definition) is 4. The van der Waals surface area contributed by atoms with Crippen LogP contribution < -0.4 is 4.74 Å². The largest absolute Gasteiger partial charge is 0.488 e. The molecule has 1 aromatic carbocycles. The van der Waals surface area contributed by atoms with E-state index in [2.05, 4.69) is 29.2 Å². The van der Waals surface area contributed by atoms with Gasteiger partial charge in [-0.25, -0.2) is 0 Å². The molecule has 2 saturated heterocycles. The van der Waals surface area contributed by atoms with Crippen LogP contribution >= 0.6 is 0 Å². The molecule has 0 saturated carbocycles. The van der Waals surface area contributed by atoms with Gasteiger partial charge in [0.1, 0.15) is 11.9 Å². The van der Waals surface area contributed by atoms with Crippen molar-refractivity contribution in [2.45, 2.75) is 44.2 Å². The number of likely N-dealkylation sites (tertiary alicyclic amines) is 1. The van der Waals surface area contributed by atoms with Gasteiger partial charge in [0.25, 0.3) is 0 Å². The van der Waals surface area contributed by atoms with Gasteiger partial charge in [-0.15, -0.1) is 0 Å². The number of aliphatic hydroxyl groups is 1. The van der Waals surface area contributed by atoms with E-state index in [1.165, 1.54) is 18.4 Å². The van der Waals surface area contributed by atoms with Gasteiger partial charge in [-0.05, 0) is 43.5 Å². The van der Waals surface area contributed by atoms with Crippen LogP contribution in [0.15, 0.2) is 24.3 Å². The molecular formula is C18H27NO3. The van der Waals surface area contributed by atoms with E-state index in [9.17, 15) is 5.11 Å². The Bertz CT molecular complexity index is 442. The Balaban J connectivity index is 1.48. The molecule has 2 fully saturated rings. The van der Waals surface area contributed by atoms with E-state index in [-0.39, 0.29) is 12.7 Å². The van der Waals surface area contributed by atoms with Crippen LogP contribution in [0.25, 0.3) is 0 Å². The summed E-state index contributed by atoms with van der Waals surface area (Å²) in [5.41, 5.74) is 1.33. The van der Waals surface area contributed by atoms with Gasteiger partial charge in [-0.1, -0.05) is 18.6 Å². The summed E-state index contributed by atoms with van der Waals surface area (Å²) in [7, 11) is 0. The average Bonchev–Trinajstić information content (AvgIpc) is 3.07. The van der Waals surface area contributed by atoms with Crippen molar-refractivity contribution in [2.24, 2.45) is 0 Å². The highest BCUT2D eigenvalue weighted by atomic mass is 16.5. The second-order valence-electron chi connectivity index (χ2n) is 6.37. The molecule has 3 rings (SSSR count). The molecule has 0 aliphatic carbocycles. The molecule has 1 unspecified atom stereocenters. The van der Waals surface area contributed by atoms with Gasteiger partial charge < -0.3 is 14.6 Å². The van der Waals surface area contributed by atoms with Crippen molar-refractivity contribution in [2.75, 3.05) is 32.9 Å². The van der Waals surface area contributed by atoms with Crippen molar-refractivity contribution in [3.63, 3.8) is 0 Å². The molecule has 22 heavy (non-hydrogen) atoms. The van der Waals surface area contributed by atoms with Crippen molar-refractivity contribution in [1.29, 1.82) is 0 Å². The van der Waals surface area contributed by atoms with Crippen molar-refractivity contribution < 1.29 is 14.6 Å². The zero-order valence-electron chi connectivity index (χ0n) is 13.2. The highest BCUT2D eigenvalue weighted by Crippen LogP contribution is 2.20. The Hall–Kier alpha value is -1.10. The molecule has 2 atom stereocenters. The number of ether oxygens (including phenoxy) is 2. The predicted molar refractivity (Wildman–Crippen MR) is 86.3 cm³/mol. The Morgan fingerprint density at radius 2 is 2.05 bits per heavy atom. The standard InChI is InChI=1S/C18H27NO3/c20-13-16-3-1-2-10-19(16)11-8-15-4-6-17(7-5-15)22-18-9-12-21-14-18/h4-7,16,18,20H,1-3,8-14H2/t16-,18?/m0/s1. The molecule has 2 heterocycles. The van der Waals surface area contributed by atoms with Crippen molar-refractivity contribution in [1.82, 2.24) is 4.90 Å². The van der Waals surface area contributed by atoms with Gasteiger partial charge in [0.2, 0.25) is 0 Å². The van der Waals surface area contributed by atoms with Crippen LogP contribution in [0, 0.1) is 0 Å². The monoisotopic (exact) mass is 305 g/mol. The Labute approximate surface area is 133 Å². The lowest BCUT2D eigenvalue weighted by Crippen LogP contribution is -2.42. The third-order valence-electron chi connectivity index (χ3n) is 4.76. The normalized spacial score (nSPS) is 26.2. The van der Waals surface area contributed by atoms with Crippen molar-refractivity contribution in [3.05, 3.63) is 29.8 Å². The van der Waals surface area contributed by atoms with E-state index < -0.39 is 0 Å². The first-order valence-electron chi connectivity index (χ1n) is 8.53. The summed E-state index contributed by atoms with van der Waals surface area (Å²) in [4.78, 5) is 2.43. The topological polar surface area (TPSA) is 41.9 Å². The van der Waals surface area contributed by atoms with E-state index in [1.54, 1.807) is 0 Å². The van der Waals surface area contributed by atoms with Crippen LogP contribution in [0.4, 0.5) is 0 Å². The van der Waals surface area contributed by atoms with E-state index in [0.29, 0.717) is 12.6 Å². The zero-order chi connectivity index (χ0) is 15.2. The number of aliphatic hydroxyl groups excluding tert-OH is 1. The first kappa shape index (κ1) is 15.8. The molecule has 4 nitrogen and oxygen atoms in total. The van der Waals surface area contributed by atoms with Crippen molar-refractivity contribution >= 4 is 0 Å². The maximum Gasteiger partial charge on any atom is 0.124 e. The second kappa shape index (κ2) is 7.95. The number of benzene rings is 1. The lowest BCUT2D eigenvalue weighted by Gasteiger charge is -2.34. The minimum Gasteiger partial charge on any atom is -0.488 e. The molecule has 4 heteroatoms. The van der Waals surface area contributed by atoms with Gasteiger partial charge in [0, 0.05) is 19.0 Å². The Morgan fingerprint density at radius 3 is 2.77 bits per heavy atom. The molecular weight excluding hydrogens is 278 g/mol. The number of rotatable bonds is 6. The van der Waals surface area contributed by atoms with Gasteiger partial charge in [-0.3, -0.25) is 4.90 Å². The van der Waals surface area contributed by atoms with Crippen LogP contribution in [-0.2, 0) is 11.2 Å². The molecule has 0 amide bonds. The van der Waals surface area contributed by atoms with Gasteiger partial charge in [0.05, 0.1) is 19.8 Å². The summed E-state index contributed by atoms with van der Waals surface area (Å²) in [6.07, 6.45) is 5.87. The minimum atomic E-state index is 0.213. The molecule has 122 valence electrons. The molecule has 1 aromatic rings. The highest BCUT2D eigenvalue weighted by molar-refractivity contribution is 5.27. The third kappa shape index (κ3) is 4.22. The van der Waals surface area contributed by atoms with Gasteiger partial charge in [0.15, 0.2) is 0 Å². The van der Waals surface area contributed by atoms with E-state index in [1.807, 2.05) is 0 Å². The molecule has 0 bridgehead atoms. The lowest BCUT2D eigenvalue weighted by atomic mass is 10.0. The maximum atomic E-state index is 9.46. The number of hydrogen-bond donors (Lipinski definition) is 1. The fourth-order valence-electron chi connectivity index (χ4n) is 3.37. The van der Waals surface area contributed by atoms with Crippen LogP contribution in [0.3, 0.4) is 0 Å². The summed E-state index contributed by atoms with van der Waals surface area (Å²) < 4.78 is 11.2. The molecule has 2 aliphatic heterocycles. The predicted octanol–water partition coefficient (Wildman–Crippen LogP) is 2.24. The fraction of sp³-hybridized carbons (Fsp3) is 0.667. The van der Waals surface area contributed by atoms with Gasteiger partial charge in [-0.2, -0.15) is 0 Å². The number of piperidine rings is 1. The van der Waals surface area contributed by atoms with Crippen LogP contribution in [-0.4, -0.2) is 55.1 Å². The van der Waals surface area contributed by atoms with E-state index in [0.717, 1.165) is 44.7 Å². The first-order chi connectivity index (χ1) is 10.8. The van der Waals surface area contributed by atoms with Crippen LogP contribution in [0.1, 0.15) is 31.2 Å². The number of nitrogens with zero attached hydrogens (tertiary/aromatic N) is 1. The fourth-order valence-corrected chi connectivity index (χ4v) is 3.37. The second-order valence-corrected chi connectivity index (χ2v) is 6.37. The lowest BCUT2D eigenvalue weighted by molar-refractivity contribution is 0.0913. The Kier molecular flexibility index (Phi) is 5.70. The third-order valence-corrected chi connectivity index (χ3v) is 4.76. The molecule has 1 N–H and O–H groups in total. The molecule has 0 spiro atoms. The highest BCUT2D eigenvalue weighted by Gasteiger charge is 2.21. The minimum absolute atomic E-state index is 0.213. The van der Waals surface area contributed by atoms with Crippen LogP contribution in [0.2, 0.25) is 0 Å². The smallest absolute Gasteiger partial charge is 0.124 e. The summed E-state index contributed by atoms with van der Waals surface area (Å²) in [5, 5.41) is 9.46. The SMILES string of the molecule is OC[C@@H]1CCCCN1CCc1ccc(OC2CCOC2)cc1. The Morgan fingerprint density at radius 1 is 1.18 bits per heavy atom. The molecule has 0 aromatic heterocycles. The molecule has 2 aliphatic rings. The summed E-state index contributed by atoms with van der Waals surface area (Å²) >= 11 is 0. The average molecular weight is 305 g/mol. The van der Waals surface area contributed by atoms with E-state index >= 15 is 0 Å². The summed E-state index contributed by atoms with van der Waals surface area (Å²) in [6.45, 7) is 3.95. The van der Waals surface area contributed by atoms with Crippen molar-refractivity contribution in [3.8, 4) is 5.75 Å². The van der Waals surface area contributed by atoms with E-state index in [4.69, 9.17) is 9.47 Å². The molecule has 0 radical (unpaired) electrons. The first-order valence-corrected chi connectivity index (χ1v) is 8.53. The quantitative estimate of drug-likeness (QED) is 0.875. The maximum absolute atomic E-state index is 9.46.